The Morgan fingerprint density at radius 3 is 2.27 bits per heavy atom. The van der Waals surface area contributed by atoms with E-state index in [1.807, 2.05) is 36.1 Å². The summed E-state index contributed by atoms with van der Waals surface area (Å²) in [5, 5.41) is 2.98. The van der Waals surface area contributed by atoms with Gasteiger partial charge in [-0.25, -0.2) is 0 Å². The van der Waals surface area contributed by atoms with Gasteiger partial charge in [0.05, 0.1) is 19.1 Å². The molecule has 1 aromatic rings. The van der Waals surface area contributed by atoms with Crippen molar-refractivity contribution in [2.45, 2.75) is 104 Å². The van der Waals surface area contributed by atoms with Crippen molar-refractivity contribution in [2.24, 2.45) is 23.7 Å². The van der Waals surface area contributed by atoms with Crippen LogP contribution in [0.3, 0.4) is 0 Å². The number of likely N-dealkylation sites (tertiary alicyclic amines) is 1. The number of hydrogen-bond acceptors (Lipinski definition) is 5. The summed E-state index contributed by atoms with van der Waals surface area (Å²) >= 11 is 0. The Morgan fingerprint density at radius 2 is 1.61 bits per heavy atom. The number of nitrogens with one attached hydrogen (secondary N) is 1. The normalized spacial score (nSPS) is 19.7. The number of fused-ring (bicyclic) bond motifs is 1. The van der Waals surface area contributed by atoms with Gasteiger partial charge in [-0.1, -0.05) is 77.3 Å². The van der Waals surface area contributed by atoms with E-state index in [-0.39, 0.29) is 30.1 Å². The van der Waals surface area contributed by atoms with Gasteiger partial charge in [0, 0.05) is 25.4 Å². The molecule has 1 aliphatic carbocycles. The second-order valence-electron chi connectivity index (χ2n) is 12.2. The highest BCUT2D eigenvalue weighted by Crippen LogP contribution is 2.36. The Morgan fingerprint density at radius 1 is 0.951 bits per heavy atom. The van der Waals surface area contributed by atoms with Crippen molar-refractivity contribution in [1.29, 1.82) is 0 Å². The number of unbranched alkanes of at least 4 members (excludes halogenated alkanes) is 5. The molecule has 1 heterocycles. The number of ether oxygens (including phenoxy) is 2. The quantitative estimate of drug-likeness (QED) is 0.165. The highest BCUT2D eigenvalue weighted by molar-refractivity contribution is 5.83. The number of nitrogens with zero attached hydrogens (tertiary/aromatic N) is 1. The molecule has 41 heavy (non-hydrogen) atoms. The molecule has 0 bridgehead atoms. The van der Waals surface area contributed by atoms with Crippen molar-refractivity contribution < 1.29 is 23.9 Å². The van der Waals surface area contributed by atoms with E-state index in [1.54, 1.807) is 6.92 Å². The van der Waals surface area contributed by atoms with E-state index in [4.69, 9.17) is 9.47 Å². The van der Waals surface area contributed by atoms with Crippen LogP contribution in [0, 0.1) is 23.7 Å². The van der Waals surface area contributed by atoms with Crippen LogP contribution in [0.1, 0.15) is 103 Å². The maximum absolute atomic E-state index is 13.2. The van der Waals surface area contributed by atoms with Gasteiger partial charge in [-0.3, -0.25) is 14.4 Å². The Bertz CT molecular complexity index is 920. The molecular formula is C34H54N2O5. The molecule has 230 valence electrons. The van der Waals surface area contributed by atoms with Crippen LogP contribution < -0.4 is 10.1 Å². The fourth-order valence-corrected chi connectivity index (χ4v) is 6.33. The number of rotatable bonds is 18. The molecule has 7 nitrogen and oxygen atoms in total. The minimum absolute atomic E-state index is 0.0225. The minimum atomic E-state index is -0.495. The lowest BCUT2D eigenvalue weighted by Crippen LogP contribution is -2.33. The summed E-state index contributed by atoms with van der Waals surface area (Å²) < 4.78 is 11.2. The maximum atomic E-state index is 13.2. The van der Waals surface area contributed by atoms with E-state index in [1.165, 1.54) is 57.8 Å². The Balaban J connectivity index is 1.39. The van der Waals surface area contributed by atoms with E-state index in [9.17, 15) is 14.4 Å². The Kier molecular flexibility index (Phi) is 14.5. The van der Waals surface area contributed by atoms with Crippen LogP contribution in [0.15, 0.2) is 24.3 Å². The molecule has 0 spiro atoms. The number of esters is 1. The minimum Gasteiger partial charge on any atom is -0.492 e. The first-order valence-electron chi connectivity index (χ1n) is 16.3. The summed E-state index contributed by atoms with van der Waals surface area (Å²) in [5.74, 6) is 1.35. The van der Waals surface area contributed by atoms with Gasteiger partial charge in [-0.2, -0.15) is 0 Å². The molecule has 1 saturated heterocycles. The van der Waals surface area contributed by atoms with E-state index < -0.39 is 5.92 Å². The van der Waals surface area contributed by atoms with Gasteiger partial charge in [0.1, 0.15) is 12.4 Å². The number of carbonyl (C=O) groups excluding carboxylic acids is 3. The average molecular weight is 571 g/mol. The molecule has 1 aromatic carbocycles. The molecule has 1 N–H and O–H groups in total. The molecule has 4 atom stereocenters. The molecule has 2 fully saturated rings. The molecule has 0 aromatic heterocycles. The van der Waals surface area contributed by atoms with Gasteiger partial charge >= 0.3 is 5.97 Å². The zero-order valence-corrected chi connectivity index (χ0v) is 25.8. The predicted octanol–water partition coefficient (Wildman–Crippen LogP) is 6.33. The van der Waals surface area contributed by atoms with Crippen molar-refractivity contribution in [3.63, 3.8) is 0 Å². The SMILES string of the molecule is CCCCCCCCC(C)C(=O)NCCOc1ccc(CC(CC(=O)N2CC3CCCCC3C2)C(=O)OCC)cc1. The van der Waals surface area contributed by atoms with Crippen LogP contribution in [0.25, 0.3) is 0 Å². The average Bonchev–Trinajstić information content (AvgIpc) is 3.42. The zero-order valence-electron chi connectivity index (χ0n) is 25.8. The smallest absolute Gasteiger partial charge is 0.309 e. The largest absolute Gasteiger partial charge is 0.492 e. The van der Waals surface area contributed by atoms with Gasteiger partial charge in [0.15, 0.2) is 0 Å². The van der Waals surface area contributed by atoms with E-state index in [0.717, 1.165) is 31.5 Å². The summed E-state index contributed by atoms with van der Waals surface area (Å²) in [6.45, 7) is 8.85. The molecule has 7 heteroatoms. The standard InChI is InChI=1S/C34H54N2O5/c1-4-6-7-8-9-10-13-26(3)33(38)35-20-21-41-31-18-16-27(17-19-31)22-30(34(39)40-5-2)23-32(37)36-24-28-14-11-12-15-29(28)25-36/h16-19,26,28-30H,4-15,20-25H2,1-3H3,(H,35,38). The Labute approximate surface area is 248 Å². The predicted molar refractivity (Wildman–Crippen MR) is 163 cm³/mol. The van der Waals surface area contributed by atoms with Crippen LogP contribution >= 0.6 is 0 Å². The molecule has 2 amide bonds. The summed E-state index contributed by atoms with van der Waals surface area (Å²) in [6.07, 6.45) is 13.9. The number of amides is 2. The molecule has 3 rings (SSSR count). The number of benzene rings is 1. The lowest BCUT2D eigenvalue weighted by Gasteiger charge is -2.22. The van der Waals surface area contributed by atoms with Crippen molar-refractivity contribution in [3.05, 3.63) is 29.8 Å². The van der Waals surface area contributed by atoms with Crippen LogP contribution in [0.5, 0.6) is 5.75 Å². The van der Waals surface area contributed by atoms with Crippen LogP contribution in [0.4, 0.5) is 0 Å². The monoisotopic (exact) mass is 570 g/mol. The van der Waals surface area contributed by atoms with Crippen molar-refractivity contribution in [2.75, 3.05) is 32.8 Å². The Hall–Kier alpha value is -2.57. The van der Waals surface area contributed by atoms with Gasteiger partial charge in [0.25, 0.3) is 0 Å². The van der Waals surface area contributed by atoms with Crippen molar-refractivity contribution >= 4 is 17.8 Å². The van der Waals surface area contributed by atoms with Gasteiger partial charge < -0.3 is 19.7 Å². The number of hydrogen-bond donors (Lipinski definition) is 1. The molecule has 1 aliphatic heterocycles. The lowest BCUT2D eigenvalue weighted by molar-refractivity contribution is -0.151. The topological polar surface area (TPSA) is 84.9 Å². The van der Waals surface area contributed by atoms with Gasteiger partial charge in [0.2, 0.25) is 11.8 Å². The first kappa shape index (κ1) is 32.9. The van der Waals surface area contributed by atoms with Crippen LogP contribution in [0.2, 0.25) is 0 Å². The first-order valence-corrected chi connectivity index (χ1v) is 16.3. The third kappa shape index (κ3) is 11.3. The highest BCUT2D eigenvalue weighted by Gasteiger charge is 2.37. The van der Waals surface area contributed by atoms with E-state index in [2.05, 4.69) is 12.2 Å². The summed E-state index contributed by atoms with van der Waals surface area (Å²) in [5.41, 5.74) is 0.968. The molecular weight excluding hydrogens is 516 g/mol. The van der Waals surface area contributed by atoms with Gasteiger partial charge in [-0.05, 0) is 62.1 Å². The molecule has 0 radical (unpaired) electrons. The second kappa shape index (κ2) is 18.1. The first-order chi connectivity index (χ1) is 19.9. The van der Waals surface area contributed by atoms with Crippen molar-refractivity contribution in [3.8, 4) is 5.75 Å². The lowest BCUT2D eigenvalue weighted by atomic mass is 9.82. The second-order valence-corrected chi connectivity index (χ2v) is 12.2. The fourth-order valence-electron chi connectivity index (χ4n) is 6.33. The van der Waals surface area contributed by atoms with E-state index >= 15 is 0 Å². The molecule has 4 unspecified atom stereocenters. The van der Waals surface area contributed by atoms with Gasteiger partial charge in [-0.15, -0.1) is 0 Å². The summed E-state index contributed by atoms with van der Waals surface area (Å²) in [6, 6.07) is 7.65. The third-order valence-corrected chi connectivity index (χ3v) is 8.88. The highest BCUT2D eigenvalue weighted by atomic mass is 16.5. The third-order valence-electron chi connectivity index (χ3n) is 8.88. The van der Waals surface area contributed by atoms with Crippen LogP contribution in [-0.4, -0.2) is 55.5 Å². The summed E-state index contributed by atoms with van der Waals surface area (Å²) in [4.78, 5) is 40.3. The van der Waals surface area contributed by atoms with E-state index in [0.29, 0.717) is 43.8 Å². The zero-order chi connectivity index (χ0) is 29.5. The maximum Gasteiger partial charge on any atom is 0.309 e. The van der Waals surface area contributed by atoms with Crippen molar-refractivity contribution in [1.82, 2.24) is 10.2 Å². The summed E-state index contributed by atoms with van der Waals surface area (Å²) in [7, 11) is 0. The molecule has 1 saturated carbocycles. The van der Waals surface area contributed by atoms with Crippen LogP contribution in [-0.2, 0) is 25.5 Å². The molecule has 2 aliphatic rings. The number of carbonyl (C=O) groups is 3. The fraction of sp³-hybridized carbons (Fsp3) is 0.735.